The molecule has 1 aliphatic rings. The number of carboxylic acids is 1. The number of aromatic nitrogens is 4. The lowest BCUT2D eigenvalue weighted by Gasteiger charge is -2.41. The number of aliphatic hydroxyl groups is 1. The third kappa shape index (κ3) is 8.08. The average Bonchev–Trinajstić information content (AvgIpc) is 3.53. The van der Waals surface area contributed by atoms with E-state index in [0.29, 0.717) is 23.9 Å². The summed E-state index contributed by atoms with van der Waals surface area (Å²) in [4.78, 5) is 22.7. The number of nitrogens with one attached hydrogen (secondary N) is 1. The second-order valence-electron chi connectivity index (χ2n) is 10.6. The molecule has 0 radical (unpaired) electrons. The zero-order chi connectivity index (χ0) is 30.9. The molecule has 1 fully saturated rings. The third-order valence-corrected chi connectivity index (χ3v) is 8.49. The van der Waals surface area contributed by atoms with E-state index in [4.69, 9.17) is 14.6 Å². The fraction of sp³-hybridized carbons (Fsp3) is 0.344. The van der Waals surface area contributed by atoms with Crippen molar-refractivity contribution in [2.75, 3.05) is 5.75 Å². The monoisotopic (exact) mass is 617 g/mol. The van der Waals surface area contributed by atoms with Crippen molar-refractivity contribution in [1.82, 2.24) is 25.5 Å². The van der Waals surface area contributed by atoms with Gasteiger partial charge in [-0.2, -0.15) is 4.68 Å². The highest BCUT2D eigenvalue weighted by Gasteiger charge is 2.38. The number of hydrogen-bond donors (Lipinski definition) is 3. The predicted molar refractivity (Wildman–Crippen MR) is 163 cm³/mol. The molecule has 4 aromatic rings. The Hall–Kier alpha value is -4.10. The van der Waals surface area contributed by atoms with Crippen LogP contribution in [0.3, 0.4) is 0 Å². The van der Waals surface area contributed by atoms with Gasteiger partial charge in [0.15, 0.2) is 6.29 Å². The van der Waals surface area contributed by atoms with Crippen molar-refractivity contribution in [3.8, 4) is 5.69 Å². The number of ether oxygens (including phenoxy) is 2. The maximum Gasteiger partial charge on any atom is 0.303 e. The molecule has 1 aromatic heterocycles. The van der Waals surface area contributed by atoms with Gasteiger partial charge in [-0.3, -0.25) is 9.59 Å². The number of carboxylic acid groups (broad SMARTS) is 1. The molecule has 3 N–H and O–H groups in total. The first-order chi connectivity index (χ1) is 21.4. The summed E-state index contributed by atoms with van der Waals surface area (Å²) in [6.45, 7) is 2.41. The minimum absolute atomic E-state index is 0.00426. The predicted octanol–water partition coefficient (Wildman–Crippen LogP) is 4.61. The number of carbonyl (C=O) groups is 2. The number of para-hydroxylation sites is 1. The van der Waals surface area contributed by atoms with Crippen LogP contribution in [0, 0.1) is 5.92 Å². The summed E-state index contributed by atoms with van der Waals surface area (Å²) in [5.74, 6) is -0.508. The van der Waals surface area contributed by atoms with E-state index in [9.17, 15) is 14.7 Å². The van der Waals surface area contributed by atoms with Crippen LogP contribution in [0.5, 0.6) is 0 Å². The molecular formula is C32H35N5O6S. The van der Waals surface area contributed by atoms with E-state index < -0.39 is 12.3 Å². The molecule has 1 aliphatic heterocycles. The summed E-state index contributed by atoms with van der Waals surface area (Å²) in [6, 6.07) is 25.2. The van der Waals surface area contributed by atoms with Gasteiger partial charge in [0.05, 0.1) is 24.5 Å². The summed E-state index contributed by atoms with van der Waals surface area (Å²) in [7, 11) is 0. The fourth-order valence-electron chi connectivity index (χ4n) is 4.95. The number of rotatable bonds is 13. The molecule has 1 amide bonds. The van der Waals surface area contributed by atoms with Gasteiger partial charge in [0, 0.05) is 36.6 Å². The lowest BCUT2D eigenvalue weighted by Crippen LogP contribution is -2.38. The quantitative estimate of drug-likeness (QED) is 0.182. The van der Waals surface area contributed by atoms with Gasteiger partial charge in [0.1, 0.15) is 0 Å². The SMILES string of the molecule is C[C@@H]1[C@H](CSc2nnnn2-c2ccccc2)O[C@H](c2ccc(CNC(=O)CCCC(=O)O)cc2)O[C@@H]1c1ccc(CO)cc1. The normalized spacial score (nSPS) is 19.9. The number of aliphatic hydroxyl groups excluding tert-OH is 1. The molecule has 0 spiro atoms. The first kappa shape index (κ1) is 31.3. The second-order valence-corrected chi connectivity index (χ2v) is 11.6. The van der Waals surface area contributed by atoms with E-state index in [0.717, 1.165) is 27.9 Å². The van der Waals surface area contributed by atoms with Crippen molar-refractivity contribution in [3.63, 3.8) is 0 Å². The summed E-state index contributed by atoms with van der Waals surface area (Å²) in [5, 5.41) is 34.1. The Morgan fingerprint density at radius 1 is 0.932 bits per heavy atom. The van der Waals surface area contributed by atoms with Crippen LogP contribution in [-0.4, -0.2) is 54.2 Å². The average molecular weight is 618 g/mol. The molecular weight excluding hydrogens is 582 g/mol. The molecule has 5 rings (SSSR count). The summed E-state index contributed by atoms with van der Waals surface area (Å²) < 4.78 is 14.8. The molecule has 4 atom stereocenters. The fourth-order valence-corrected chi connectivity index (χ4v) is 6.00. The van der Waals surface area contributed by atoms with Crippen molar-refractivity contribution in [2.24, 2.45) is 5.92 Å². The molecule has 0 bridgehead atoms. The lowest BCUT2D eigenvalue weighted by molar-refractivity contribution is -0.268. The van der Waals surface area contributed by atoms with Crippen molar-refractivity contribution < 1.29 is 29.3 Å². The Morgan fingerprint density at radius 3 is 2.34 bits per heavy atom. The molecule has 0 saturated carbocycles. The Kier molecular flexibility index (Phi) is 10.7. The molecule has 12 heteroatoms. The first-order valence-corrected chi connectivity index (χ1v) is 15.4. The third-order valence-electron chi connectivity index (χ3n) is 7.48. The van der Waals surface area contributed by atoms with Crippen molar-refractivity contribution >= 4 is 23.6 Å². The molecule has 3 aromatic carbocycles. The van der Waals surface area contributed by atoms with E-state index >= 15 is 0 Å². The van der Waals surface area contributed by atoms with Crippen LogP contribution in [0.4, 0.5) is 0 Å². The number of aliphatic carboxylic acids is 1. The molecule has 0 aliphatic carbocycles. The van der Waals surface area contributed by atoms with Gasteiger partial charge in [-0.25, -0.2) is 0 Å². The van der Waals surface area contributed by atoms with E-state index in [1.807, 2.05) is 78.9 Å². The largest absolute Gasteiger partial charge is 0.481 e. The standard InChI is InChI=1S/C32H35N5O6S/c1-21-27(20-44-32-34-35-36-37(32)26-6-3-2-4-7-26)42-31(43-30(21)24-14-12-23(19-38)13-15-24)25-16-10-22(11-17-25)18-33-28(39)8-5-9-29(40)41/h2-4,6-7,10-17,21,27,30-31,38H,5,8-9,18-20H2,1H3,(H,33,39)(H,40,41)/t21-,27+,30+,31+/m1/s1. The summed E-state index contributed by atoms with van der Waals surface area (Å²) in [6.07, 6.45) is -0.653. The zero-order valence-electron chi connectivity index (χ0n) is 24.3. The lowest BCUT2D eigenvalue weighted by atomic mass is 9.91. The number of thioether (sulfide) groups is 1. The van der Waals surface area contributed by atoms with Crippen LogP contribution in [0.2, 0.25) is 0 Å². The van der Waals surface area contributed by atoms with Crippen LogP contribution >= 0.6 is 11.8 Å². The smallest absolute Gasteiger partial charge is 0.303 e. The van der Waals surface area contributed by atoms with Crippen LogP contribution in [0.1, 0.15) is 60.8 Å². The number of hydrogen-bond acceptors (Lipinski definition) is 9. The van der Waals surface area contributed by atoms with E-state index in [-0.39, 0.29) is 43.5 Å². The van der Waals surface area contributed by atoms with Gasteiger partial charge in [0.2, 0.25) is 11.1 Å². The molecule has 230 valence electrons. The van der Waals surface area contributed by atoms with Gasteiger partial charge in [-0.1, -0.05) is 85.4 Å². The molecule has 1 saturated heterocycles. The van der Waals surface area contributed by atoms with E-state index in [2.05, 4.69) is 27.8 Å². The van der Waals surface area contributed by atoms with Gasteiger partial charge < -0.3 is 25.0 Å². The topological polar surface area (TPSA) is 149 Å². The highest BCUT2D eigenvalue weighted by Crippen LogP contribution is 2.43. The van der Waals surface area contributed by atoms with Crippen LogP contribution in [-0.2, 0) is 32.2 Å². The Morgan fingerprint density at radius 2 is 1.64 bits per heavy atom. The Labute approximate surface area is 259 Å². The molecule has 11 nitrogen and oxygen atoms in total. The molecule has 44 heavy (non-hydrogen) atoms. The number of tetrazole rings is 1. The van der Waals surface area contributed by atoms with Crippen molar-refractivity contribution in [3.05, 3.63) is 101 Å². The number of nitrogens with zero attached hydrogens (tertiary/aromatic N) is 4. The molecule has 2 heterocycles. The second kappa shape index (κ2) is 15.1. The molecule has 0 unspecified atom stereocenters. The van der Waals surface area contributed by atoms with Gasteiger partial charge in [-0.15, -0.1) is 5.10 Å². The first-order valence-electron chi connectivity index (χ1n) is 14.5. The minimum atomic E-state index is -0.910. The van der Waals surface area contributed by atoms with Crippen LogP contribution < -0.4 is 5.32 Å². The van der Waals surface area contributed by atoms with E-state index in [1.54, 1.807) is 4.68 Å². The highest BCUT2D eigenvalue weighted by molar-refractivity contribution is 7.99. The minimum Gasteiger partial charge on any atom is -0.481 e. The van der Waals surface area contributed by atoms with Crippen LogP contribution in [0.25, 0.3) is 5.69 Å². The Balaban J connectivity index is 1.29. The van der Waals surface area contributed by atoms with Gasteiger partial charge in [0.25, 0.3) is 0 Å². The Bertz CT molecular complexity index is 1520. The van der Waals surface area contributed by atoms with Gasteiger partial charge >= 0.3 is 5.97 Å². The summed E-state index contributed by atoms with van der Waals surface area (Å²) in [5.41, 5.74) is 4.44. The number of carbonyl (C=O) groups excluding carboxylic acids is 1. The number of benzene rings is 3. The zero-order valence-corrected chi connectivity index (χ0v) is 25.1. The number of amides is 1. The van der Waals surface area contributed by atoms with Crippen LogP contribution in [0.15, 0.2) is 84.0 Å². The maximum atomic E-state index is 12.1. The van der Waals surface area contributed by atoms with Gasteiger partial charge in [-0.05, 0) is 45.7 Å². The van der Waals surface area contributed by atoms with E-state index in [1.165, 1.54) is 11.8 Å². The van der Waals surface area contributed by atoms with Crippen molar-refractivity contribution in [2.45, 2.75) is 63.0 Å². The highest BCUT2D eigenvalue weighted by atomic mass is 32.2. The van der Waals surface area contributed by atoms with Crippen molar-refractivity contribution in [1.29, 1.82) is 0 Å². The summed E-state index contributed by atoms with van der Waals surface area (Å²) >= 11 is 1.52. The maximum absolute atomic E-state index is 12.1.